The molecule has 104 valence electrons. The van der Waals surface area contributed by atoms with Crippen LogP contribution in [0.15, 0.2) is 42.5 Å². The summed E-state index contributed by atoms with van der Waals surface area (Å²) in [6, 6.07) is 14.5. The number of hydrogen-bond donors (Lipinski definition) is 1. The zero-order valence-electron chi connectivity index (χ0n) is 11.8. The van der Waals surface area contributed by atoms with Gasteiger partial charge in [-0.3, -0.25) is 0 Å². The van der Waals surface area contributed by atoms with Crippen molar-refractivity contribution in [2.45, 2.75) is 38.1 Å². The van der Waals surface area contributed by atoms with Crippen molar-refractivity contribution in [3.63, 3.8) is 0 Å². The molecule has 3 rings (SSSR count). The average molecular weight is 286 g/mol. The van der Waals surface area contributed by atoms with Gasteiger partial charge in [0, 0.05) is 5.02 Å². The van der Waals surface area contributed by atoms with Crippen molar-refractivity contribution in [3.8, 4) is 0 Å². The molecular weight excluding hydrogens is 266 g/mol. The van der Waals surface area contributed by atoms with Gasteiger partial charge in [-0.1, -0.05) is 60.5 Å². The maximum absolute atomic E-state index is 6.52. The SMILES string of the molecule is Cc1cccc(C(N)c2ccccc2C2CCC2)c1Cl. The molecule has 0 radical (unpaired) electrons. The second-order valence-corrected chi connectivity index (χ2v) is 6.09. The summed E-state index contributed by atoms with van der Waals surface area (Å²) >= 11 is 6.44. The van der Waals surface area contributed by atoms with Crippen LogP contribution in [0.1, 0.15) is 53.5 Å². The van der Waals surface area contributed by atoms with Crippen LogP contribution in [0.4, 0.5) is 0 Å². The van der Waals surface area contributed by atoms with E-state index in [1.165, 1.54) is 30.4 Å². The molecule has 0 bridgehead atoms. The number of rotatable bonds is 3. The maximum atomic E-state index is 6.52. The highest BCUT2D eigenvalue weighted by Gasteiger charge is 2.25. The number of aryl methyl sites for hydroxylation is 1. The molecule has 1 nitrogen and oxygen atoms in total. The van der Waals surface area contributed by atoms with Gasteiger partial charge in [-0.15, -0.1) is 0 Å². The zero-order chi connectivity index (χ0) is 14.1. The fourth-order valence-corrected chi connectivity index (χ4v) is 3.21. The molecule has 2 aromatic rings. The van der Waals surface area contributed by atoms with E-state index >= 15 is 0 Å². The van der Waals surface area contributed by atoms with Crippen molar-refractivity contribution in [3.05, 3.63) is 69.7 Å². The lowest BCUT2D eigenvalue weighted by Gasteiger charge is -2.30. The first kappa shape index (κ1) is 13.7. The monoisotopic (exact) mass is 285 g/mol. The molecule has 1 saturated carbocycles. The van der Waals surface area contributed by atoms with Gasteiger partial charge in [-0.05, 0) is 47.9 Å². The summed E-state index contributed by atoms with van der Waals surface area (Å²) in [5, 5.41) is 0.795. The van der Waals surface area contributed by atoms with Gasteiger partial charge < -0.3 is 5.73 Å². The molecule has 1 fully saturated rings. The van der Waals surface area contributed by atoms with Gasteiger partial charge in [0.05, 0.1) is 6.04 Å². The Hall–Kier alpha value is -1.31. The van der Waals surface area contributed by atoms with Gasteiger partial charge in [0.2, 0.25) is 0 Å². The lowest BCUT2D eigenvalue weighted by Crippen LogP contribution is -2.18. The standard InChI is InChI=1S/C18H20ClN/c1-12-6-4-11-16(17(12)19)18(20)15-10-3-2-9-14(15)13-7-5-8-13/h2-4,6,9-11,13,18H,5,7-8,20H2,1H3. The smallest absolute Gasteiger partial charge is 0.0569 e. The van der Waals surface area contributed by atoms with Crippen LogP contribution < -0.4 is 5.73 Å². The van der Waals surface area contributed by atoms with Gasteiger partial charge in [-0.25, -0.2) is 0 Å². The molecule has 2 N–H and O–H groups in total. The highest BCUT2D eigenvalue weighted by atomic mass is 35.5. The van der Waals surface area contributed by atoms with Crippen molar-refractivity contribution in [2.24, 2.45) is 5.73 Å². The van der Waals surface area contributed by atoms with Crippen molar-refractivity contribution < 1.29 is 0 Å². The third-order valence-electron chi connectivity index (χ3n) is 4.43. The Kier molecular flexibility index (Phi) is 3.82. The summed E-state index contributed by atoms with van der Waals surface area (Å²) in [6.45, 7) is 2.02. The van der Waals surface area contributed by atoms with E-state index in [-0.39, 0.29) is 6.04 Å². The first-order valence-corrected chi connectivity index (χ1v) is 7.65. The Balaban J connectivity index is 2.02. The minimum atomic E-state index is -0.140. The van der Waals surface area contributed by atoms with E-state index < -0.39 is 0 Å². The molecule has 0 aromatic heterocycles. The van der Waals surface area contributed by atoms with Crippen LogP contribution in [-0.2, 0) is 0 Å². The Morgan fingerprint density at radius 3 is 2.45 bits per heavy atom. The van der Waals surface area contributed by atoms with Crippen LogP contribution in [-0.4, -0.2) is 0 Å². The molecule has 0 spiro atoms. The van der Waals surface area contributed by atoms with Crippen LogP contribution >= 0.6 is 11.6 Å². The van der Waals surface area contributed by atoms with Crippen LogP contribution in [0.3, 0.4) is 0 Å². The van der Waals surface area contributed by atoms with E-state index in [0.29, 0.717) is 5.92 Å². The Morgan fingerprint density at radius 1 is 1.05 bits per heavy atom. The molecule has 1 unspecified atom stereocenters. The van der Waals surface area contributed by atoms with E-state index in [9.17, 15) is 0 Å². The first-order chi connectivity index (χ1) is 9.68. The number of nitrogens with two attached hydrogens (primary N) is 1. The summed E-state index contributed by atoms with van der Waals surface area (Å²) < 4.78 is 0. The molecule has 0 saturated heterocycles. The van der Waals surface area contributed by atoms with Crippen molar-refractivity contribution in [1.29, 1.82) is 0 Å². The second kappa shape index (κ2) is 5.59. The lowest BCUT2D eigenvalue weighted by atomic mass is 9.76. The van der Waals surface area contributed by atoms with Crippen molar-refractivity contribution >= 4 is 11.6 Å². The fourth-order valence-electron chi connectivity index (χ4n) is 2.96. The van der Waals surface area contributed by atoms with Crippen LogP contribution in [0.25, 0.3) is 0 Å². The third kappa shape index (κ3) is 2.36. The van der Waals surface area contributed by atoms with Crippen molar-refractivity contribution in [2.75, 3.05) is 0 Å². The Labute approximate surface area is 125 Å². The van der Waals surface area contributed by atoms with E-state index in [1.54, 1.807) is 0 Å². The highest BCUT2D eigenvalue weighted by Crippen LogP contribution is 2.41. The molecule has 1 atom stereocenters. The summed E-state index contributed by atoms with van der Waals surface area (Å²) in [6.07, 6.45) is 3.90. The quantitative estimate of drug-likeness (QED) is 0.847. The Morgan fingerprint density at radius 2 is 1.75 bits per heavy atom. The third-order valence-corrected chi connectivity index (χ3v) is 4.95. The van der Waals surface area contributed by atoms with E-state index in [0.717, 1.165) is 16.1 Å². The fraction of sp³-hybridized carbons (Fsp3) is 0.333. The predicted molar refractivity (Wildman–Crippen MR) is 85.3 cm³/mol. The number of benzene rings is 2. The topological polar surface area (TPSA) is 26.0 Å². The van der Waals surface area contributed by atoms with Gasteiger partial charge in [0.15, 0.2) is 0 Å². The van der Waals surface area contributed by atoms with E-state index in [4.69, 9.17) is 17.3 Å². The van der Waals surface area contributed by atoms with Gasteiger partial charge >= 0.3 is 0 Å². The van der Waals surface area contributed by atoms with Crippen molar-refractivity contribution in [1.82, 2.24) is 0 Å². The largest absolute Gasteiger partial charge is 0.320 e. The number of halogens is 1. The summed E-state index contributed by atoms with van der Waals surface area (Å²) in [7, 11) is 0. The predicted octanol–water partition coefficient (Wildman–Crippen LogP) is 4.96. The van der Waals surface area contributed by atoms with E-state index in [1.807, 2.05) is 25.1 Å². The average Bonchev–Trinajstić information content (AvgIpc) is 2.40. The normalized spacial score (nSPS) is 16.8. The zero-order valence-corrected chi connectivity index (χ0v) is 12.5. The molecule has 2 heteroatoms. The molecule has 1 aliphatic rings. The van der Waals surface area contributed by atoms with E-state index in [2.05, 4.69) is 24.3 Å². The van der Waals surface area contributed by atoms with Gasteiger partial charge in [0.1, 0.15) is 0 Å². The minimum absolute atomic E-state index is 0.140. The van der Waals surface area contributed by atoms with Crippen LogP contribution in [0.2, 0.25) is 5.02 Å². The Bertz CT molecular complexity index is 617. The summed E-state index contributed by atoms with van der Waals surface area (Å²) in [5.74, 6) is 0.681. The molecule has 0 amide bonds. The summed E-state index contributed by atoms with van der Waals surface area (Å²) in [4.78, 5) is 0. The molecule has 20 heavy (non-hydrogen) atoms. The lowest BCUT2D eigenvalue weighted by molar-refractivity contribution is 0.416. The first-order valence-electron chi connectivity index (χ1n) is 7.28. The molecule has 0 heterocycles. The van der Waals surface area contributed by atoms with Gasteiger partial charge in [0.25, 0.3) is 0 Å². The highest BCUT2D eigenvalue weighted by molar-refractivity contribution is 6.32. The van der Waals surface area contributed by atoms with Gasteiger partial charge in [-0.2, -0.15) is 0 Å². The molecule has 2 aromatic carbocycles. The maximum Gasteiger partial charge on any atom is 0.0569 e. The summed E-state index contributed by atoms with van der Waals surface area (Å²) in [5.41, 5.74) is 11.3. The minimum Gasteiger partial charge on any atom is -0.320 e. The van der Waals surface area contributed by atoms with Crippen LogP contribution in [0.5, 0.6) is 0 Å². The number of hydrogen-bond acceptors (Lipinski definition) is 1. The molecular formula is C18H20ClN. The second-order valence-electron chi connectivity index (χ2n) is 5.71. The van der Waals surface area contributed by atoms with Crippen LogP contribution in [0, 0.1) is 6.92 Å². The molecule has 0 aliphatic heterocycles. The molecule has 1 aliphatic carbocycles.